The van der Waals surface area contributed by atoms with Crippen molar-refractivity contribution in [1.82, 2.24) is 9.55 Å². The van der Waals surface area contributed by atoms with Crippen LogP contribution in [0.1, 0.15) is 23.2 Å². The smallest absolute Gasteiger partial charge is 0.373 e. The molecule has 0 saturated heterocycles. The van der Waals surface area contributed by atoms with Crippen LogP contribution >= 0.6 is 34.4 Å². The van der Waals surface area contributed by atoms with Crippen molar-refractivity contribution >= 4 is 50.6 Å². The maximum atomic E-state index is 13.1. The summed E-state index contributed by atoms with van der Waals surface area (Å²) >= 11 is 4.50. The fourth-order valence-corrected chi connectivity index (χ4v) is 5.57. The van der Waals surface area contributed by atoms with Crippen LogP contribution in [0.15, 0.2) is 49.4 Å². The number of furan rings is 1. The Morgan fingerprint density at radius 3 is 2.89 bits per heavy atom. The van der Waals surface area contributed by atoms with Crippen LogP contribution < -0.4 is 5.56 Å². The molecule has 9 heteroatoms. The Labute approximate surface area is 172 Å². The number of esters is 1. The zero-order chi connectivity index (χ0) is 19.7. The van der Waals surface area contributed by atoms with E-state index in [9.17, 15) is 9.59 Å². The van der Waals surface area contributed by atoms with E-state index < -0.39 is 5.97 Å². The largest absolute Gasteiger partial charge is 0.463 e. The number of hydrogen-bond acceptors (Lipinski definition) is 8. The topological polar surface area (TPSA) is 74.3 Å². The van der Waals surface area contributed by atoms with Crippen molar-refractivity contribution in [2.75, 3.05) is 7.11 Å². The second-order valence-corrected chi connectivity index (χ2v) is 8.55. The van der Waals surface area contributed by atoms with E-state index in [0.717, 1.165) is 15.3 Å². The number of carbonyl (C=O) groups is 1. The Balaban J connectivity index is 1.67. The first-order valence-corrected chi connectivity index (χ1v) is 11.2. The lowest BCUT2D eigenvalue weighted by Gasteiger charge is -2.09. The van der Waals surface area contributed by atoms with Crippen molar-refractivity contribution < 1.29 is 13.9 Å². The van der Waals surface area contributed by atoms with Gasteiger partial charge in [-0.2, -0.15) is 0 Å². The number of methoxy groups -OCH3 is 1. The van der Waals surface area contributed by atoms with E-state index in [4.69, 9.17) is 9.40 Å². The Bertz CT molecular complexity index is 1190. The maximum Gasteiger partial charge on any atom is 0.373 e. The predicted octanol–water partition coefficient (Wildman–Crippen LogP) is 4.88. The SMILES string of the molecule is CCn1c(SCc2ccc(C(=O)OC)o2)nc2scc(-c3cccs3)c2c1=O. The molecule has 4 rings (SSSR count). The van der Waals surface area contributed by atoms with Crippen LogP contribution in [-0.4, -0.2) is 22.6 Å². The van der Waals surface area contributed by atoms with Gasteiger partial charge in [0.05, 0.1) is 18.2 Å². The van der Waals surface area contributed by atoms with Crippen molar-refractivity contribution in [3.05, 3.63) is 56.9 Å². The Kier molecular flexibility index (Phi) is 5.38. The summed E-state index contributed by atoms with van der Waals surface area (Å²) in [4.78, 5) is 31.2. The van der Waals surface area contributed by atoms with Gasteiger partial charge >= 0.3 is 5.97 Å². The van der Waals surface area contributed by atoms with Crippen LogP contribution in [0.25, 0.3) is 20.7 Å². The van der Waals surface area contributed by atoms with Crippen molar-refractivity contribution in [3.8, 4) is 10.4 Å². The molecule has 4 aromatic heterocycles. The maximum absolute atomic E-state index is 13.1. The number of fused-ring (bicyclic) bond motifs is 1. The molecule has 0 aliphatic carbocycles. The Hall–Kier alpha value is -2.36. The van der Waals surface area contributed by atoms with Gasteiger partial charge in [0, 0.05) is 22.4 Å². The standard InChI is InChI=1S/C19H16N2O4S3/c1-3-21-17(22)15-12(14-5-4-8-26-14)10-27-16(15)20-19(21)28-9-11-6-7-13(25-11)18(23)24-2/h4-8,10H,3,9H2,1-2H3. The average Bonchev–Trinajstić information content (AvgIpc) is 3.45. The molecule has 0 aliphatic rings. The normalized spacial score (nSPS) is 11.2. The number of thioether (sulfide) groups is 1. The molecular formula is C19H16N2O4S3. The number of hydrogen-bond donors (Lipinski definition) is 0. The van der Waals surface area contributed by atoms with Gasteiger partial charge in [-0.05, 0) is 30.5 Å². The summed E-state index contributed by atoms with van der Waals surface area (Å²) in [7, 11) is 1.31. The summed E-state index contributed by atoms with van der Waals surface area (Å²) < 4.78 is 11.8. The highest BCUT2D eigenvalue weighted by Gasteiger charge is 2.18. The fraction of sp³-hybridized carbons (Fsp3) is 0.211. The summed E-state index contributed by atoms with van der Waals surface area (Å²) in [6, 6.07) is 7.30. The molecule has 28 heavy (non-hydrogen) atoms. The molecule has 0 N–H and O–H groups in total. The lowest BCUT2D eigenvalue weighted by Crippen LogP contribution is -2.22. The summed E-state index contributed by atoms with van der Waals surface area (Å²) in [5, 5.41) is 5.30. The summed E-state index contributed by atoms with van der Waals surface area (Å²) in [5.41, 5.74) is 0.911. The minimum absolute atomic E-state index is 0.0330. The van der Waals surface area contributed by atoms with Gasteiger partial charge in [-0.25, -0.2) is 9.78 Å². The van der Waals surface area contributed by atoms with Gasteiger partial charge in [0.15, 0.2) is 5.16 Å². The third-order valence-corrected chi connectivity index (χ3v) is 6.93. The third kappa shape index (κ3) is 3.41. The molecule has 0 bridgehead atoms. The van der Waals surface area contributed by atoms with Gasteiger partial charge in [-0.1, -0.05) is 17.8 Å². The molecule has 0 aromatic carbocycles. The average molecular weight is 433 g/mol. The monoisotopic (exact) mass is 432 g/mol. The second-order valence-electron chi connectivity index (χ2n) is 5.80. The minimum Gasteiger partial charge on any atom is -0.463 e. The van der Waals surface area contributed by atoms with Crippen LogP contribution in [0.3, 0.4) is 0 Å². The quantitative estimate of drug-likeness (QED) is 0.246. The predicted molar refractivity (Wildman–Crippen MR) is 112 cm³/mol. The first kappa shape index (κ1) is 19.0. The van der Waals surface area contributed by atoms with E-state index in [1.807, 2.05) is 29.8 Å². The van der Waals surface area contributed by atoms with Gasteiger partial charge < -0.3 is 9.15 Å². The number of aromatic nitrogens is 2. The molecule has 0 spiro atoms. The molecular weight excluding hydrogens is 416 g/mol. The van der Waals surface area contributed by atoms with Crippen LogP contribution in [-0.2, 0) is 17.0 Å². The number of rotatable bonds is 6. The van der Waals surface area contributed by atoms with Crippen molar-refractivity contribution in [2.24, 2.45) is 0 Å². The lowest BCUT2D eigenvalue weighted by molar-refractivity contribution is 0.0563. The van der Waals surface area contributed by atoms with Crippen molar-refractivity contribution in [3.63, 3.8) is 0 Å². The molecule has 0 radical (unpaired) electrons. The van der Waals surface area contributed by atoms with E-state index in [0.29, 0.717) is 28.6 Å². The molecule has 6 nitrogen and oxygen atoms in total. The number of carbonyl (C=O) groups excluding carboxylic acids is 1. The fourth-order valence-electron chi connectivity index (χ4n) is 2.81. The minimum atomic E-state index is -0.513. The molecule has 0 fully saturated rings. The molecule has 0 atom stereocenters. The highest BCUT2D eigenvalue weighted by atomic mass is 32.2. The first-order chi connectivity index (χ1) is 13.6. The van der Waals surface area contributed by atoms with E-state index in [1.165, 1.54) is 30.2 Å². The van der Waals surface area contributed by atoms with Crippen LogP contribution in [0.2, 0.25) is 0 Å². The van der Waals surface area contributed by atoms with E-state index >= 15 is 0 Å². The highest BCUT2D eigenvalue weighted by molar-refractivity contribution is 7.98. The Morgan fingerprint density at radius 2 is 2.18 bits per heavy atom. The zero-order valence-corrected chi connectivity index (χ0v) is 17.6. The van der Waals surface area contributed by atoms with E-state index in [2.05, 4.69) is 4.74 Å². The van der Waals surface area contributed by atoms with E-state index in [1.54, 1.807) is 28.0 Å². The van der Waals surface area contributed by atoms with Gasteiger partial charge in [0.1, 0.15) is 10.6 Å². The van der Waals surface area contributed by atoms with Gasteiger partial charge in [-0.15, -0.1) is 22.7 Å². The van der Waals surface area contributed by atoms with Crippen molar-refractivity contribution in [2.45, 2.75) is 24.4 Å². The first-order valence-electron chi connectivity index (χ1n) is 8.48. The summed E-state index contributed by atoms with van der Waals surface area (Å²) in [6.45, 7) is 2.45. The van der Waals surface area contributed by atoms with Crippen LogP contribution in [0, 0.1) is 0 Å². The van der Waals surface area contributed by atoms with Crippen LogP contribution in [0.4, 0.5) is 0 Å². The molecule has 0 amide bonds. The molecule has 0 saturated carbocycles. The Morgan fingerprint density at radius 1 is 1.32 bits per heavy atom. The summed E-state index contributed by atoms with van der Waals surface area (Å²) in [5.74, 6) is 0.722. The van der Waals surface area contributed by atoms with Crippen molar-refractivity contribution in [1.29, 1.82) is 0 Å². The third-order valence-electron chi connectivity index (χ3n) is 4.15. The zero-order valence-electron chi connectivity index (χ0n) is 15.1. The molecule has 144 valence electrons. The number of nitrogens with zero attached hydrogens (tertiary/aromatic N) is 2. The van der Waals surface area contributed by atoms with Gasteiger partial charge in [-0.3, -0.25) is 9.36 Å². The number of thiophene rings is 2. The van der Waals surface area contributed by atoms with E-state index in [-0.39, 0.29) is 11.3 Å². The highest BCUT2D eigenvalue weighted by Crippen LogP contribution is 2.35. The van der Waals surface area contributed by atoms with Crippen LogP contribution in [0.5, 0.6) is 0 Å². The molecule has 4 heterocycles. The molecule has 0 aliphatic heterocycles. The van der Waals surface area contributed by atoms with Gasteiger partial charge in [0.25, 0.3) is 5.56 Å². The molecule has 4 aromatic rings. The second kappa shape index (κ2) is 7.94. The van der Waals surface area contributed by atoms with Gasteiger partial charge in [0.2, 0.25) is 5.76 Å². The molecule has 0 unspecified atom stereocenters. The summed E-state index contributed by atoms with van der Waals surface area (Å²) in [6.07, 6.45) is 0. The number of ether oxygens (including phenoxy) is 1. The lowest BCUT2D eigenvalue weighted by atomic mass is 10.2.